The van der Waals surface area contributed by atoms with Crippen LogP contribution in [-0.2, 0) is 14.4 Å². The Bertz CT molecular complexity index is 666. The van der Waals surface area contributed by atoms with E-state index < -0.39 is 41.1 Å². The minimum atomic E-state index is -4.79. The summed E-state index contributed by atoms with van der Waals surface area (Å²) in [5.74, 6) is -1.75. The monoisotopic (exact) mass is 377 g/mol. The van der Waals surface area contributed by atoms with Gasteiger partial charge in [-0.15, -0.1) is 24.9 Å². The summed E-state index contributed by atoms with van der Waals surface area (Å²) >= 11 is 1.14. The molecule has 11 heteroatoms. The molecule has 0 bridgehead atoms. The summed E-state index contributed by atoms with van der Waals surface area (Å²) in [6.07, 6.45) is -4.94. The minimum absolute atomic E-state index is 0.150. The minimum Gasteiger partial charge on any atom is -0.406 e. The molecule has 0 aromatic heterocycles. The molecule has 1 aromatic carbocycles. The lowest BCUT2D eigenvalue weighted by Crippen LogP contribution is -2.53. The normalized spacial score (nSPS) is 20.5. The maximum absolute atomic E-state index is 12.1. The predicted octanol–water partition coefficient (Wildman–Crippen LogP) is 0.999. The first-order chi connectivity index (χ1) is 11.6. The second kappa shape index (κ2) is 7.64. The van der Waals surface area contributed by atoms with E-state index >= 15 is 0 Å². The van der Waals surface area contributed by atoms with Crippen LogP contribution in [0.4, 0.5) is 18.9 Å². The van der Waals surface area contributed by atoms with E-state index in [2.05, 4.69) is 15.4 Å². The molecule has 0 radical (unpaired) electrons. The van der Waals surface area contributed by atoms with E-state index in [0.29, 0.717) is 0 Å². The van der Waals surface area contributed by atoms with Gasteiger partial charge in [-0.25, -0.2) is 0 Å². The molecule has 4 N–H and O–H groups in total. The maximum Gasteiger partial charge on any atom is 0.573 e. The van der Waals surface area contributed by atoms with Gasteiger partial charge in [0.15, 0.2) is 0 Å². The Labute approximate surface area is 144 Å². The van der Waals surface area contributed by atoms with E-state index in [1.807, 2.05) is 0 Å². The number of ether oxygens (including phenoxy) is 1. The van der Waals surface area contributed by atoms with Crippen molar-refractivity contribution in [2.24, 2.45) is 5.73 Å². The fraction of sp³-hybridized carbons (Fsp3) is 0.357. The molecule has 2 unspecified atom stereocenters. The van der Waals surface area contributed by atoms with Crippen LogP contribution in [0.1, 0.15) is 6.42 Å². The van der Waals surface area contributed by atoms with E-state index in [4.69, 9.17) is 5.73 Å². The van der Waals surface area contributed by atoms with Crippen LogP contribution >= 0.6 is 11.8 Å². The summed E-state index contributed by atoms with van der Waals surface area (Å²) < 4.78 is 39.9. The van der Waals surface area contributed by atoms with Crippen LogP contribution in [0.25, 0.3) is 0 Å². The highest BCUT2D eigenvalue weighted by molar-refractivity contribution is 8.00. The van der Waals surface area contributed by atoms with Crippen molar-refractivity contribution in [3.63, 3.8) is 0 Å². The predicted molar refractivity (Wildman–Crippen MR) is 83.7 cm³/mol. The molecule has 0 spiro atoms. The zero-order chi connectivity index (χ0) is 18.6. The molecular formula is C14H14F3N3O4S. The molecule has 7 nitrogen and oxygen atoms in total. The highest BCUT2D eigenvalue weighted by atomic mass is 32.2. The first-order valence-corrected chi connectivity index (χ1v) is 8.06. The number of amides is 3. The summed E-state index contributed by atoms with van der Waals surface area (Å²) in [6, 6.07) is 3.84. The van der Waals surface area contributed by atoms with Crippen molar-refractivity contribution in [1.82, 2.24) is 5.32 Å². The number of thioether (sulfide) groups is 1. The summed E-state index contributed by atoms with van der Waals surface area (Å²) in [7, 11) is 0. The lowest BCUT2D eigenvalue weighted by Gasteiger charge is -2.26. The molecule has 0 aliphatic carbocycles. The van der Waals surface area contributed by atoms with E-state index in [-0.39, 0.29) is 17.9 Å². The molecule has 0 saturated carbocycles. The molecular weight excluding hydrogens is 363 g/mol. The Morgan fingerprint density at radius 2 is 1.96 bits per heavy atom. The quantitative estimate of drug-likeness (QED) is 0.709. The van der Waals surface area contributed by atoms with Crippen molar-refractivity contribution in [3.8, 4) is 5.75 Å². The third kappa shape index (κ3) is 5.85. The molecule has 3 amide bonds. The summed E-state index contributed by atoms with van der Waals surface area (Å²) in [4.78, 5) is 34.8. The summed E-state index contributed by atoms with van der Waals surface area (Å²) in [6.45, 7) is 0. The number of hydrogen-bond acceptors (Lipinski definition) is 5. The van der Waals surface area contributed by atoms with Crippen LogP contribution < -0.4 is 21.1 Å². The number of rotatable bonds is 5. The number of carbonyl (C=O) groups excluding carboxylic acids is 3. The Hall–Kier alpha value is -2.43. The molecule has 2 rings (SSSR count). The summed E-state index contributed by atoms with van der Waals surface area (Å²) in [5, 5.41) is 4.22. The second-order valence-corrected chi connectivity index (χ2v) is 6.35. The van der Waals surface area contributed by atoms with E-state index in [9.17, 15) is 27.6 Å². The van der Waals surface area contributed by atoms with Crippen molar-refractivity contribution in [2.75, 3.05) is 11.1 Å². The Morgan fingerprint density at radius 1 is 1.32 bits per heavy atom. The molecule has 2 atom stereocenters. The SMILES string of the molecule is NC(=O)C1CSC(CC(=O)Nc2ccc(OC(F)(F)F)cc2)C(=O)N1. The van der Waals surface area contributed by atoms with E-state index in [1.165, 1.54) is 12.1 Å². The van der Waals surface area contributed by atoms with Gasteiger partial charge in [0.1, 0.15) is 11.8 Å². The van der Waals surface area contributed by atoms with Crippen LogP contribution in [0.3, 0.4) is 0 Å². The number of halogens is 3. The lowest BCUT2D eigenvalue weighted by molar-refractivity contribution is -0.274. The van der Waals surface area contributed by atoms with Gasteiger partial charge in [0, 0.05) is 17.9 Å². The smallest absolute Gasteiger partial charge is 0.406 e. The van der Waals surface area contributed by atoms with Crippen LogP contribution in [-0.4, -0.2) is 41.1 Å². The van der Waals surface area contributed by atoms with Gasteiger partial charge in [0.05, 0.1) is 5.25 Å². The molecule has 1 saturated heterocycles. The maximum atomic E-state index is 12.1. The van der Waals surface area contributed by atoms with Crippen LogP contribution in [0.2, 0.25) is 0 Å². The van der Waals surface area contributed by atoms with Gasteiger partial charge in [0.25, 0.3) is 0 Å². The number of primary amides is 1. The van der Waals surface area contributed by atoms with Gasteiger partial charge in [-0.3, -0.25) is 14.4 Å². The molecule has 1 aliphatic heterocycles. The number of benzene rings is 1. The molecule has 25 heavy (non-hydrogen) atoms. The Morgan fingerprint density at radius 3 is 2.48 bits per heavy atom. The van der Waals surface area contributed by atoms with Gasteiger partial charge in [-0.2, -0.15) is 0 Å². The fourth-order valence-electron chi connectivity index (χ4n) is 2.02. The van der Waals surface area contributed by atoms with Gasteiger partial charge < -0.3 is 21.1 Å². The Kier molecular flexibility index (Phi) is 5.77. The van der Waals surface area contributed by atoms with Crippen molar-refractivity contribution < 1.29 is 32.3 Å². The van der Waals surface area contributed by atoms with Gasteiger partial charge >= 0.3 is 6.36 Å². The number of anilines is 1. The average molecular weight is 377 g/mol. The van der Waals surface area contributed by atoms with Crippen molar-refractivity contribution in [3.05, 3.63) is 24.3 Å². The van der Waals surface area contributed by atoms with Crippen LogP contribution in [0.5, 0.6) is 5.75 Å². The number of nitrogens with one attached hydrogen (secondary N) is 2. The van der Waals surface area contributed by atoms with Crippen molar-refractivity contribution in [2.45, 2.75) is 24.1 Å². The molecule has 136 valence electrons. The number of carbonyl (C=O) groups is 3. The Balaban J connectivity index is 1.86. The second-order valence-electron chi connectivity index (χ2n) is 5.11. The average Bonchev–Trinajstić information content (AvgIpc) is 2.49. The van der Waals surface area contributed by atoms with Gasteiger partial charge in [-0.05, 0) is 24.3 Å². The fourth-order valence-corrected chi connectivity index (χ4v) is 3.18. The lowest BCUT2D eigenvalue weighted by atomic mass is 10.2. The largest absolute Gasteiger partial charge is 0.573 e. The summed E-state index contributed by atoms with van der Waals surface area (Å²) in [5.41, 5.74) is 5.36. The first-order valence-electron chi connectivity index (χ1n) is 7.01. The topological polar surface area (TPSA) is 111 Å². The van der Waals surface area contributed by atoms with Crippen LogP contribution in [0, 0.1) is 0 Å². The zero-order valence-corrected chi connectivity index (χ0v) is 13.4. The highest BCUT2D eigenvalue weighted by Gasteiger charge is 2.33. The molecule has 1 fully saturated rings. The highest BCUT2D eigenvalue weighted by Crippen LogP contribution is 2.25. The molecule has 1 aromatic rings. The van der Waals surface area contributed by atoms with Crippen molar-refractivity contribution >= 4 is 35.2 Å². The van der Waals surface area contributed by atoms with Crippen LogP contribution in [0.15, 0.2) is 24.3 Å². The van der Waals surface area contributed by atoms with Gasteiger partial charge in [0.2, 0.25) is 17.7 Å². The van der Waals surface area contributed by atoms with E-state index in [0.717, 1.165) is 23.9 Å². The third-order valence-electron chi connectivity index (χ3n) is 3.16. The number of nitrogens with two attached hydrogens (primary N) is 1. The molecule has 1 aliphatic rings. The zero-order valence-electron chi connectivity index (χ0n) is 12.6. The standard InChI is InChI=1S/C14H14F3N3O4S/c15-14(16,17)24-8-3-1-7(2-4-8)19-11(21)5-10-13(23)20-9(6-25-10)12(18)22/h1-4,9-10H,5-6H2,(H2,18,22)(H,19,21)(H,20,23). The number of hydrogen-bond donors (Lipinski definition) is 3. The first kappa shape index (κ1) is 18.9. The van der Waals surface area contributed by atoms with E-state index in [1.54, 1.807) is 0 Å². The number of alkyl halides is 3. The third-order valence-corrected chi connectivity index (χ3v) is 4.47. The molecule has 1 heterocycles. The van der Waals surface area contributed by atoms with Gasteiger partial charge in [-0.1, -0.05) is 0 Å². The van der Waals surface area contributed by atoms with Crippen molar-refractivity contribution in [1.29, 1.82) is 0 Å².